The van der Waals surface area contributed by atoms with Crippen molar-refractivity contribution in [2.24, 2.45) is 0 Å². The zero-order valence-corrected chi connectivity index (χ0v) is 13.0. The highest BCUT2D eigenvalue weighted by atomic mass is 32.1. The van der Waals surface area contributed by atoms with Gasteiger partial charge in [-0.05, 0) is 12.1 Å². The second kappa shape index (κ2) is 6.57. The number of hydrogen-bond acceptors (Lipinski definition) is 6. The summed E-state index contributed by atoms with van der Waals surface area (Å²) in [4.78, 5) is 35.0. The highest BCUT2D eigenvalue weighted by Crippen LogP contribution is 2.10. The molecule has 1 amide bonds. The number of nitrogen functional groups attached to an aromatic ring is 1. The number of aromatic nitrogens is 3. The summed E-state index contributed by atoms with van der Waals surface area (Å²) in [6.07, 6.45) is 0.471. The van der Waals surface area contributed by atoms with Gasteiger partial charge in [0, 0.05) is 18.2 Å². The Morgan fingerprint density at radius 2 is 2.13 bits per heavy atom. The van der Waals surface area contributed by atoms with Crippen molar-refractivity contribution in [2.75, 3.05) is 5.73 Å². The van der Waals surface area contributed by atoms with Gasteiger partial charge in [0.25, 0.3) is 5.56 Å². The van der Waals surface area contributed by atoms with Gasteiger partial charge in [-0.2, -0.15) is 0 Å². The lowest BCUT2D eigenvalue weighted by Gasteiger charge is -2.04. The van der Waals surface area contributed by atoms with Crippen LogP contribution < -0.4 is 16.6 Å². The van der Waals surface area contributed by atoms with Crippen LogP contribution in [-0.4, -0.2) is 20.9 Å². The van der Waals surface area contributed by atoms with Crippen molar-refractivity contribution in [3.8, 4) is 0 Å². The highest BCUT2D eigenvalue weighted by Gasteiger charge is 2.08. The molecule has 3 aromatic rings. The molecule has 0 unspecified atom stereocenters. The van der Waals surface area contributed by atoms with Gasteiger partial charge in [0.1, 0.15) is 5.69 Å². The molecule has 8 heteroatoms. The fourth-order valence-corrected chi connectivity index (χ4v) is 2.71. The number of fused-ring (bicyclic) bond motifs is 1. The predicted molar refractivity (Wildman–Crippen MR) is 89.1 cm³/mol. The van der Waals surface area contributed by atoms with Gasteiger partial charge in [0.05, 0.1) is 23.3 Å². The monoisotopic (exact) mass is 329 g/mol. The van der Waals surface area contributed by atoms with Crippen LogP contribution in [-0.2, 0) is 17.8 Å². The molecule has 0 saturated carbocycles. The van der Waals surface area contributed by atoms with Crippen LogP contribution in [0.3, 0.4) is 0 Å². The Bertz CT molecular complexity index is 902. The van der Waals surface area contributed by atoms with E-state index in [-0.39, 0.29) is 24.3 Å². The molecule has 7 nitrogen and oxygen atoms in total. The van der Waals surface area contributed by atoms with Crippen LogP contribution in [0, 0.1) is 0 Å². The predicted octanol–water partition coefficient (Wildman–Crippen LogP) is 1.21. The van der Waals surface area contributed by atoms with Crippen LogP contribution in [0.2, 0.25) is 0 Å². The molecule has 0 fully saturated rings. The van der Waals surface area contributed by atoms with E-state index in [0.717, 1.165) is 5.69 Å². The highest BCUT2D eigenvalue weighted by molar-refractivity contribution is 7.13. The third-order valence-electron chi connectivity index (χ3n) is 3.29. The van der Waals surface area contributed by atoms with E-state index in [2.05, 4.69) is 20.3 Å². The van der Waals surface area contributed by atoms with Crippen molar-refractivity contribution >= 4 is 33.4 Å². The van der Waals surface area contributed by atoms with Gasteiger partial charge in [0.2, 0.25) is 5.91 Å². The number of carbonyl (C=O) groups excluding carboxylic acids is 1. The number of nitrogens with two attached hydrogens (primary N) is 1. The fraction of sp³-hybridized carbons (Fsp3) is 0.200. The summed E-state index contributed by atoms with van der Waals surface area (Å²) in [6.45, 7) is 0.327. The minimum Gasteiger partial charge on any atom is -0.375 e. The molecule has 0 bridgehead atoms. The van der Waals surface area contributed by atoms with Gasteiger partial charge in [0.15, 0.2) is 5.13 Å². The van der Waals surface area contributed by atoms with E-state index >= 15 is 0 Å². The zero-order chi connectivity index (χ0) is 16.2. The lowest BCUT2D eigenvalue weighted by molar-refractivity contribution is -0.121. The Kier molecular flexibility index (Phi) is 4.33. The fourth-order valence-electron chi connectivity index (χ4n) is 2.15. The van der Waals surface area contributed by atoms with E-state index in [1.54, 1.807) is 11.4 Å². The number of amides is 1. The number of aryl methyl sites for hydroxylation is 1. The van der Waals surface area contributed by atoms with Crippen LogP contribution in [0.5, 0.6) is 0 Å². The summed E-state index contributed by atoms with van der Waals surface area (Å²) in [6, 6.07) is 7.29. The molecule has 23 heavy (non-hydrogen) atoms. The number of rotatable bonds is 5. The van der Waals surface area contributed by atoms with E-state index in [0.29, 0.717) is 28.4 Å². The number of thiazole rings is 1. The van der Waals surface area contributed by atoms with Crippen LogP contribution in [0.25, 0.3) is 11.0 Å². The summed E-state index contributed by atoms with van der Waals surface area (Å²) in [5.74, 6) is -0.161. The molecule has 1 aromatic carbocycles. The minimum absolute atomic E-state index is 0.161. The SMILES string of the molecule is Nc1nc(CNC(=O)CCc2nc3ccccc3[nH]c2=O)cs1. The molecule has 0 saturated heterocycles. The average Bonchev–Trinajstić information content (AvgIpc) is 2.96. The number of H-pyrrole nitrogens is 1. The molecule has 2 heterocycles. The van der Waals surface area contributed by atoms with Gasteiger partial charge in [-0.1, -0.05) is 12.1 Å². The number of nitrogens with zero attached hydrogens (tertiary/aromatic N) is 2. The molecule has 3 rings (SSSR count). The maximum absolute atomic E-state index is 12.0. The lowest BCUT2D eigenvalue weighted by atomic mass is 10.2. The smallest absolute Gasteiger partial charge is 0.270 e. The Hall–Kier alpha value is -2.74. The van der Waals surface area contributed by atoms with E-state index < -0.39 is 0 Å². The maximum atomic E-state index is 12.0. The van der Waals surface area contributed by atoms with E-state index in [1.165, 1.54) is 11.3 Å². The number of para-hydroxylation sites is 2. The van der Waals surface area contributed by atoms with Crippen molar-refractivity contribution in [1.82, 2.24) is 20.3 Å². The van der Waals surface area contributed by atoms with E-state index in [4.69, 9.17) is 5.73 Å². The number of nitrogens with one attached hydrogen (secondary N) is 2. The standard InChI is InChI=1S/C15H15N5O2S/c16-15-18-9(8-23-15)7-17-13(21)6-5-12-14(22)20-11-4-2-1-3-10(11)19-12/h1-4,8H,5-7H2,(H2,16,18)(H,17,21)(H,20,22). The van der Waals surface area contributed by atoms with Crippen molar-refractivity contribution in [3.05, 3.63) is 51.4 Å². The molecule has 118 valence electrons. The third-order valence-corrected chi connectivity index (χ3v) is 4.02. The van der Waals surface area contributed by atoms with Crippen molar-refractivity contribution < 1.29 is 4.79 Å². The number of anilines is 1. The first kappa shape index (κ1) is 15.2. The maximum Gasteiger partial charge on any atom is 0.270 e. The van der Waals surface area contributed by atoms with Gasteiger partial charge in [-0.3, -0.25) is 9.59 Å². The summed E-state index contributed by atoms with van der Waals surface area (Å²) >= 11 is 1.33. The number of benzene rings is 1. The van der Waals surface area contributed by atoms with E-state index in [1.807, 2.05) is 18.2 Å². The molecule has 0 aliphatic carbocycles. The van der Waals surface area contributed by atoms with Gasteiger partial charge in [-0.15, -0.1) is 11.3 Å². The molecule has 0 radical (unpaired) electrons. The Morgan fingerprint density at radius 1 is 1.30 bits per heavy atom. The Balaban J connectivity index is 1.60. The molecule has 0 atom stereocenters. The van der Waals surface area contributed by atoms with Crippen LogP contribution >= 0.6 is 11.3 Å². The Morgan fingerprint density at radius 3 is 2.91 bits per heavy atom. The van der Waals surface area contributed by atoms with Gasteiger partial charge in [-0.25, -0.2) is 9.97 Å². The van der Waals surface area contributed by atoms with E-state index in [9.17, 15) is 9.59 Å². The molecular weight excluding hydrogens is 314 g/mol. The summed E-state index contributed by atoms with van der Waals surface area (Å²) in [7, 11) is 0. The lowest BCUT2D eigenvalue weighted by Crippen LogP contribution is -2.25. The third kappa shape index (κ3) is 3.72. The van der Waals surface area contributed by atoms with Gasteiger partial charge < -0.3 is 16.0 Å². The van der Waals surface area contributed by atoms with Crippen molar-refractivity contribution in [1.29, 1.82) is 0 Å². The summed E-state index contributed by atoms with van der Waals surface area (Å²) in [5, 5.41) is 5.02. The minimum atomic E-state index is -0.260. The average molecular weight is 329 g/mol. The van der Waals surface area contributed by atoms with Crippen LogP contribution in [0.15, 0.2) is 34.4 Å². The molecular formula is C15H15N5O2S. The van der Waals surface area contributed by atoms with Gasteiger partial charge >= 0.3 is 0 Å². The summed E-state index contributed by atoms with van der Waals surface area (Å²) < 4.78 is 0. The molecule has 0 spiro atoms. The van der Waals surface area contributed by atoms with Crippen molar-refractivity contribution in [3.63, 3.8) is 0 Å². The van der Waals surface area contributed by atoms with Crippen molar-refractivity contribution in [2.45, 2.75) is 19.4 Å². The largest absolute Gasteiger partial charge is 0.375 e. The number of aromatic amines is 1. The quantitative estimate of drug-likeness (QED) is 0.651. The molecule has 0 aliphatic heterocycles. The topological polar surface area (TPSA) is 114 Å². The van der Waals surface area contributed by atoms with Crippen LogP contribution in [0.4, 0.5) is 5.13 Å². The first-order valence-corrected chi connectivity index (χ1v) is 7.94. The second-order valence-electron chi connectivity index (χ2n) is 4.98. The molecule has 2 aromatic heterocycles. The molecule has 0 aliphatic rings. The first-order valence-electron chi connectivity index (χ1n) is 7.06. The normalized spacial score (nSPS) is 10.8. The van der Waals surface area contributed by atoms with Crippen LogP contribution in [0.1, 0.15) is 17.8 Å². The second-order valence-corrected chi connectivity index (χ2v) is 5.87. The summed E-state index contributed by atoms with van der Waals surface area (Å²) in [5.41, 5.74) is 7.75. The first-order chi connectivity index (χ1) is 11.1. The number of carbonyl (C=O) groups is 1. The molecule has 4 N–H and O–H groups in total. The Labute approximate surface area is 135 Å². The number of hydrogen-bond donors (Lipinski definition) is 3. The zero-order valence-electron chi connectivity index (χ0n) is 12.2.